The predicted molar refractivity (Wildman–Crippen MR) is 138 cm³/mol. The van der Waals surface area contributed by atoms with Gasteiger partial charge in [-0.2, -0.15) is 0 Å². The number of fused-ring (bicyclic) bond motifs is 1. The van der Waals surface area contributed by atoms with E-state index in [1.807, 2.05) is 36.4 Å². The zero-order chi connectivity index (χ0) is 26.6. The molecule has 5 amide bonds. The third kappa shape index (κ3) is 5.61. The maximum atomic E-state index is 13.2. The Morgan fingerprint density at radius 3 is 2.50 bits per heavy atom. The predicted octanol–water partition coefficient (Wildman–Crippen LogP) is 2.50. The number of carbonyl (C=O) groups excluding carboxylic acids is 5. The maximum absolute atomic E-state index is 13.2. The molecule has 3 aliphatic rings. The van der Waals surface area contributed by atoms with Crippen LogP contribution in [0.3, 0.4) is 0 Å². The number of carbonyl (C=O) groups is 5. The molecule has 0 spiro atoms. The molecule has 2 aromatic carbocycles. The number of hydrogen-bond donors (Lipinski definition) is 3. The van der Waals surface area contributed by atoms with E-state index in [0.717, 1.165) is 36.8 Å². The van der Waals surface area contributed by atoms with E-state index < -0.39 is 18.0 Å². The van der Waals surface area contributed by atoms with E-state index in [2.05, 4.69) is 16.0 Å². The fourth-order valence-electron chi connectivity index (χ4n) is 5.67. The first-order chi connectivity index (χ1) is 18.4. The van der Waals surface area contributed by atoms with Crippen molar-refractivity contribution in [1.82, 2.24) is 20.9 Å². The second-order valence-corrected chi connectivity index (χ2v) is 10.4. The molecule has 198 valence electrons. The molecule has 2 atom stereocenters. The highest BCUT2D eigenvalue weighted by Crippen LogP contribution is 2.29. The van der Waals surface area contributed by atoms with Crippen molar-refractivity contribution in [2.24, 2.45) is 5.92 Å². The fourth-order valence-corrected chi connectivity index (χ4v) is 5.67. The largest absolute Gasteiger partial charge is 0.350 e. The van der Waals surface area contributed by atoms with Crippen molar-refractivity contribution in [2.45, 2.75) is 70.1 Å². The van der Waals surface area contributed by atoms with Crippen LogP contribution in [0, 0.1) is 5.92 Å². The molecule has 2 fully saturated rings. The quantitative estimate of drug-likeness (QED) is 0.465. The van der Waals surface area contributed by atoms with E-state index >= 15 is 0 Å². The Balaban J connectivity index is 1.23. The van der Waals surface area contributed by atoms with Crippen LogP contribution in [0.4, 0.5) is 0 Å². The van der Waals surface area contributed by atoms with Gasteiger partial charge in [0.2, 0.25) is 23.6 Å². The number of hydrogen-bond acceptors (Lipinski definition) is 5. The molecule has 0 aromatic heterocycles. The minimum Gasteiger partial charge on any atom is -0.350 e. The van der Waals surface area contributed by atoms with Gasteiger partial charge in [0, 0.05) is 31.5 Å². The lowest BCUT2D eigenvalue weighted by Crippen LogP contribution is -2.52. The minimum atomic E-state index is -0.802. The number of nitrogens with one attached hydrogen (secondary N) is 3. The first-order valence-electron chi connectivity index (χ1n) is 13.3. The average molecular weight is 517 g/mol. The molecule has 0 radical (unpaired) electrons. The molecule has 1 aliphatic carbocycles. The molecular weight excluding hydrogens is 484 g/mol. The number of piperidine rings is 1. The van der Waals surface area contributed by atoms with E-state index in [0.29, 0.717) is 29.9 Å². The van der Waals surface area contributed by atoms with Gasteiger partial charge in [-0.1, -0.05) is 55.3 Å². The molecule has 2 heterocycles. The highest BCUT2D eigenvalue weighted by Gasteiger charge is 2.39. The van der Waals surface area contributed by atoms with Crippen molar-refractivity contribution in [3.63, 3.8) is 0 Å². The van der Waals surface area contributed by atoms with E-state index in [1.54, 1.807) is 12.1 Å². The van der Waals surface area contributed by atoms with Gasteiger partial charge in [-0.15, -0.1) is 0 Å². The Hall–Kier alpha value is -4.01. The summed E-state index contributed by atoms with van der Waals surface area (Å²) in [6.07, 6.45) is 5.35. The van der Waals surface area contributed by atoms with Crippen LogP contribution in [0.5, 0.6) is 0 Å². The van der Waals surface area contributed by atoms with Crippen LogP contribution in [0.1, 0.15) is 78.0 Å². The van der Waals surface area contributed by atoms with Gasteiger partial charge in [0.25, 0.3) is 5.91 Å². The summed E-state index contributed by atoms with van der Waals surface area (Å²) in [6.45, 7) is 0.493. The molecule has 2 unspecified atom stereocenters. The highest BCUT2D eigenvalue weighted by molar-refractivity contribution is 6.05. The average Bonchev–Trinajstić information content (AvgIpc) is 3.54. The molecule has 1 saturated carbocycles. The van der Waals surface area contributed by atoms with Gasteiger partial charge in [-0.3, -0.25) is 29.3 Å². The lowest BCUT2D eigenvalue weighted by Gasteiger charge is -2.29. The summed E-state index contributed by atoms with van der Waals surface area (Å²) in [6, 6.07) is 13.1. The van der Waals surface area contributed by atoms with Crippen molar-refractivity contribution in [1.29, 1.82) is 0 Å². The normalized spacial score (nSPS) is 20.2. The summed E-state index contributed by atoms with van der Waals surface area (Å²) in [7, 11) is 0. The zero-order valence-corrected chi connectivity index (χ0v) is 21.2. The Bertz CT molecular complexity index is 1250. The maximum Gasteiger partial charge on any atom is 0.255 e. The number of amides is 5. The van der Waals surface area contributed by atoms with Gasteiger partial charge < -0.3 is 15.5 Å². The van der Waals surface area contributed by atoms with Crippen LogP contribution in [-0.4, -0.2) is 40.5 Å². The smallest absolute Gasteiger partial charge is 0.255 e. The van der Waals surface area contributed by atoms with Crippen LogP contribution >= 0.6 is 0 Å². The van der Waals surface area contributed by atoms with Crippen molar-refractivity contribution < 1.29 is 24.0 Å². The van der Waals surface area contributed by atoms with Gasteiger partial charge in [0.1, 0.15) is 12.1 Å². The second-order valence-electron chi connectivity index (χ2n) is 10.4. The van der Waals surface area contributed by atoms with Gasteiger partial charge in [-0.25, -0.2) is 0 Å². The van der Waals surface area contributed by atoms with Crippen molar-refractivity contribution >= 4 is 29.5 Å². The highest BCUT2D eigenvalue weighted by atomic mass is 16.2. The van der Waals surface area contributed by atoms with E-state index in [9.17, 15) is 24.0 Å². The van der Waals surface area contributed by atoms with Gasteiger partial charge in [0.05, 0.1) is 0 Å². The first kappa shape index (κ1) is 25.6. The number of imide groups is 1. The Morgan fingerprint density at radius 1 is 1.00 bits per heavy atom. The number of benzene rings is 2. The van der Waals surface area contributed by atoms with Crippen molar-refractivity contribution in [3.8, 4) is 0 Å². The third-order valence-electron chi connectivity index (χ3n) is 7.70. The summed E-state index contributed by atoms with van der Waals surface area (Å²) in [5, 5.41) is 8.17. The van der Waals surface area contributed by atoms with Crippen molar-refractivity contribution in [2.75, 3.05) is 0 Å². The summed E-state index contributed by atoms with van der Waals surface area (Å²) in [5.74, 6) is -1.06. The second kappa shape index (κ2) is 11.2. The molecule has 1 saturated heterocycles. The molecule has 9 heteroatoms. The zero-order valence-electron chi connectivity index (χ0n) is 21.2. The van der Waals surface area contributed by atoms with E-state index in [-0.39, 0.29) is 43.1 Å². The molecule has 5 rings (SSSR count). The lowest BCUT2D eigenvalue weighted by atomic mass is 10.0. The Morgan fingerprint density at radius 2 is 1.76 bits per heavy atom. The molecule has 0 bridgehead atoms. The summed E-state index contributed by atoms with van der Waals surface area (Å²) < 4.78 is 0. The molecule has 3 N–H and O–H groups in total. The van der Waals surface area contributed by atoms with E-state index in [4.69, 9.17) is 0 Å². The lowest BCUT2D eigenvalue weighted by molar-refractivity contribution is -0.137. The molecule has 38 heavy (non-hydrogen) atoms. The fraction of sp³-hybridized carbons (Fsp3) is 0.414. The monoisotopic (exact) mass is 516 g/mol. The summed E-state index contributed by atoms with van der Waals surface area (Å²) in [4.78, 5) is 64.2. The number of nitrogens with zero attached hydrogens (tertiary/aromatic N) is 1. The Kier molecular flexibility index (Phi) is 7.53. The van der Waals surface area contributed by atoms with Crippen molar-refractivity contribution in [3.05, 3.63) is 70.8 Å². The van der Waals surface area contributed by atoms with Gasteiger partial charge in [0.15, 0.2) is 0 Å². The van der Waals surface area contributed by atoms with E-state index in [1.165, 1.54) is 4.90 Å². The van der Waals surface area contributed by atoms with Crippen LogP contribution < -0.4 is 16.0 Å². The van der Waals surface area contributed by atoms with Crippen LogP contribution in [0.25, 0.3) is 0 Å². The SMILES string of the molecule is O=C1CCC(N2Cc3cc(CNC(=O)C(NC(=O)CC4CCCC4)c4ccccc4)ccc3C2=O)C(=O)N1. The molecule has 9 nitrogen and oxygen atoms in total. The summed E-state index contributed by atoms with van der Waals surface area (Å²) >= 11 is 0. The van der Waals surface area contributed by atoms with Crippen LogP contribution in [0.2, 0.25) is 0 Å². The summed E-state index contributed by atoms with van der Waals surface area (Å²) in [5.41, 5.74) is 2.81. The van der Waals surface area contributed by atoms with Gasteiger partial charge in [-0.05, 0) is 47.9 Å². The van der Waals surface area contributed by atoms with Gasteiger partial charge >= 0.3 is 0 Å². The minimum absolute atomic E-state index is 0.120. The molecular formula is C29H32N4O5. The van der Waals surface area contributed by atoms with Crippen LogP contribution in [0.15, 0.2) is 48.5 Å². The van der Waals surface area contributed by atoms with Crippen LogP contribution in [-0.2, 0) is 32.3 Å². The topological polar surface area (TPSA) is 125 Å². The Labute approximate surface area is 221 Å². The molecule has 2 aliphatic heterocycles. The standard InChI is InChI=1S/C29H32N4O5/c34-24-13-12-23(27(36)32-24)33-17-21-14-19(10-11-22(21)29(33)38)16-30-28(37)26(20-8-2-1-3-9-20)31-25(35)15-18-6-4-5-7-18/h1-3,8-11,14,18,23,26H,4-7,12-13,15-17H2,(H,30,37)(H,31,35)(H,32,34,36). The first-order valence-corrected chi connectivity index (χ1v) is 13.3. The third-order valence-corrected chi connectivity index (χ3v) is 7.70. The number of rotatable bonds is 8. The molecule has 2 aromatic rings.